The van der Waals surface area contributed by atoms with Gasteiger partial charge in [-0.05, 0) is 18.6 Å². The molecule has 0 saturated heterocycles. The molecule has 0 unspecified atom stereocenters. The summed E-state index contributed by atoms with van der Waals surface area (Å²) in [6.07, 6.45) is 0. The molecule has 1 N–H and O–H groups in total. The van der Waals surface area contributed by atoms with Crippen molar-refractivity contribution in [1.29, 1.82) is 0 Å². The molecule has 14 heavy (non-hydrogen) atoms. The third-order valence-corrected chi connectivity index (χ3v) is 2.45. The Morgan fingerprint density at radius 1 is 1.50 bits per heavy atom. The highest BCUT2D eigenvalue weighted by molar-refractivity contribution is 6.31. The van der Waals surface area contributed by atoms with Crippen LogP contribution in [0.5, 0.6) is 0 Å². The highest BCUT2D eigenvalue weighted by atomic mass is 35.5. The van der Waals surface area contributed by atoms with E-state index in [4.69, 9.17) is 23.2 Å². The molecule has 1 atom stereocenters. The molecule has 0 fully saturated rings. The average molecular weight is 230 g/mol. The number of nitrogens with one attached hydrogen (secondary N) is 1. The third kappa shape index (κ3) is 3.33. The summed E-state index contributed by atoms with van der Waals surface area (Å²) in [6.45, 7) is 6.25. The molecule has 0 radical (unpaired) electrons. The number of hydrogen-bond acceptors (Lipinski definition) is 1. The van der Waals surface area contributed by atoms with Crippen LogP contribution in [0, 0.1) is 0 Å². The van der Waals surface area contributed by atoms with Gasteiger partial charge in [0.1, 0.15) is 0 Å². The normalized spacial score (nSPS) is 12.5. The summed E-state index contributed by atoms with van der Waals surface area (Å²) in [5, 5.41) is 4.60. The molecular formula is C11H13Cl2N. The molecule has 0 saturated carbocycles. The largest absolute Gasteiger partial charge is 0.305 e. The van der Waals surface area contributed by atoms with E-state index in [-0.39, 0.29) is 6.04 Å². The topological polar surface area (TPSA) is 12.0 Å². The smallest absolute Gasteiger partial charge is 0.0453 e. The van der Waals surface area contributed by atoms with Crippen LogP contribution in [-0.2, 0) is 0 Å². The van der Waals surface area contributed by atoms with Gasteiger partial charge in [0.05, 0.1) is 0 Å². The third-order valence-electron chi connectivity index (χ3n) is 1.97. The Balaban J connectivity index is 2.65. The SMILES string of the molecule is C=C(Cl)CN[C@@H](C)c1ccccc1Cl. The molecule has 76 valence electrons. The van der Waals surface area contributed by atoms with Crippen LogP contribution in [-0.4, -0.2) is 6.54 Å². The first-order valence-electron chi connectivity index (χ1n) is 4.42. The minimum absolute atomic E-state index is 0.180. The fraction of sp³-hybridized carbons (Fsp3) is 0.273. The maximum absolute atomic E-state index is 6.04. The maximum Gasteiger partial charge on any atom is 0.0453 e. The minimum Gasteiger partial charge on any atom is -0.305 e. The van der Waals surface area contributed by atoms with Crippen LogP contribution in [0.25, 0.3) is 0 Å². The number of halogens is 2. The van der Waals surface area contributed by atoms with Crippen LogP contribution in [0.15, 0.2) is 35.9 Å². The molecule has 0 amide bonds. The second-order valence-electron chi connectivity index (χ2n) is 3.14. The molecule has 0 aliphatic rings. The Morgan fingerprint density at radius 3 is 2.71 bits per heavy atom. The summed E-state index contributed by atoms with van der Waals surface area (Å²) < 4.78 is 0. The van der Waals surface area contributed by atoms with Crippen LogP contribution in [0.3, 0.4) is 0 Å². The fourth-order valence-corrected chi connectivity index (χ4v) is 1.58. The first-order valence-corrected chi connectivity index (χ1v) is 5.18. The first-order chi connectivity index (χ1) is 6.61. The van der Waals surface area contributed by atoms with Crippen molar-refractivity contribution in [2.24, 2.45) is 0 Å². The molecule has 1 nitrogen and oxygen atoms in total. The van der Waals surface area contributed by atoms with Crippen LogP contribution < -0.4 is 5.32 Å². The van der Waals surface area contributed by atoms with E-state index in [9.17, 15) is 0 Å². The van der Waals surface area contributed by atoms with Crippen molar-refractivity contribution in [2.75, 3.05) is 6.54 Å². The van der Waals surface area contributed by atoms with Gasteiger partial charge >= 0.3 is 0 Å². The zero-order valence-corrected chi connectivity index (χ0v) is 9.57. The van der Waals surface area contributed by atoms with Gasteiger partial charge in [0.15, 0.2) is 0 Å². The standard InChI is InChI=1S/C11H13Cl2N/c1-8(12)7-14-9(2)10-5-3-4-6-11(10)13/h3-6,9,14H,1,7H2,2H3/t9-/m0/s1. The van der Waals surface area contributed by atoms with Crippen LogP contribution >= 0.6 is 23.2 Å². The van der Waals surface area contributed by atoms with E-state index in [0.717, 1.165) is 10.6 Å². The monoisotopic (exact) mass is 229 g/mol. The van der Waals surface area contributed by atoms with Gasteiger partial charge in [0.2, 0.25) is 0 Å². The van der Waals surface area contributed by atoms with Crippen molar-refractivity contribution < 1.29 is 0 Å². The van der Waals surface area contributed by atoms with E-state index < -0.39 is 0 Å². The number of rotatable bonds is 4. The van der Waals surface area contributed by atoms with Crippen LogP contribution in [0.4, 0.5) is 0 Å². The van der Waals surface area contributed by atoms with Gasteiger partial charge in [-0.2, -0.15) is 0 Å². The second-order valence-corrected chi connectivity index (χ2v) is 4.08. The summed E-state index contributed by atoms with van der Waals surface area (Å²) >= 11 is 11.7. The van der Waals surface area contributed by atoms with Gasteiger partial charge < -0.3 is 5.32 Å². The highest BCUT2D eigenvalue weighted by Crippen LogP contribution is 2.22. The van der Waals surface area contributed by atoms with E-state index in [1.807, 2.05) is 31.2 Å². The lowest BCUT2D eigenvalue weighted by Gasteiger charge is -2.14. The summed E-state index contributed by atoms with van der Waals surface area (Å²) in [5.74, 6) is 0. The maximum atomic E-state index is 6.04. The quantitative estimate of drug-likeness (QED) is 0.830. The van der Waals surface area contributed by atoms with Crippen molar-refractivity contribution in [3.8, 4) is 0 Å². The Labute approximate surface area is 94.7 Å². The Bertz CT molecular complexity index is 323. The number of benzene rings is 1. The predicted octanol–water partition coefficient (Wildman–Crippen LogP) is 3.74. The average Bonchev–Trinajstić information content (AvgIpc) is 2.15. The van der Waals surface area contributed by atoms with Crippen molar-refractivity contribution in [3.63, 3.8) is 0 Å². The van der Waals surface area contributed by atoms with Crippen LogP contribution in [0.2, 0.25) is 5.02 Å². The van der Waals surface area contributed by atoms with E-state index in [1.165, 1.54) is 0 Å². The molecule has 0 bridgehead atoms. The van der Waals surface area contributed by atoms with E-state index in [2.05, 4.69) is 11.9 Å². The lowest BCUT2D eigenvalue weighted by molar-refractivity contribution is 0.615. The number of hydrogen-bond donors (Lipinski definition) is 1. The van der Waals surface area contributed by atoms with Crippen molar-refractivity contribution in [3.05, 3.63) is 46.5 Å². The molecule has 1 rings (SSSR count). The van der Waals surface area contributed by atoms with Crippen molar-refractivity contribution >= 4 is 23.2 Å². The fourth-order valence-electron chi connectivity index (χ4n) is 1.20. The summed E-state index contributed by atoms with van der Waals surface area (Å²) in [7, 11) is 0. The van der Waals surface area contributed by atoms with Gasteiger partial charge in [-0.25, -0.2) is 0 Å². The lowest BCUT2D eigenvalue weighted by atomic mass is 10.1. The summed E-state index contributed by atoms with van der Waals surface area (Å²) in [4.78, 5) is 0. The van der Waals surface area contributed by atoms with Crippen LogP contribution in [0.1, 0.15) is 18.5 Å². The van der Waals surface area contributed by atoms with E-state index in [1.54, 1.807) is 0 Å². The zero-order valence-electron chi connectivity index (χ0n) is 8.06. The van der Waals surface area contributed by atoms with E-state index in [0.29, 0.717) is 11.6 Å². The molecule has 1 aromatic rings. The van der Waals surface area contributed by atoms with Gasteiger partial charge in [0.25, 0.3) is 0 Å². The molecule has 3 heteroatoms. The van der Waals surface area contributed by atoms with Gasteiger partial charge in [0, 0.05) is 22.6 Å². The molecule has 0 spiro atoms. The predicted molar refractivity (Wildman–Crippen MR) is 62.9 cm³/mol. The lowest BCUT2D eigenvalue weighted by Crippen LogP contribution is -2.20. The molecule has 1 aromatic carbocycles. The van der Waals surface area contributed by atoms with Gasteiger partial charge in [-0.3, -0.25) is 0 Å². The molecule has 0 aromatic heterocycles. The minimum atomic E-state index is 0.180. The first kappa shape index (κ1) is 11.6. The zero-order chi connectivity index (χ0) is 10.6. The Morgan fingerprint density at radius 2 is 2.14 bits per heavy atom. The molecule has 0 heterocycles. The van der Waals surface area contributed by atoms with Gasteiger partial charge in [-0.1, -0.05) is 48.0 Å². The Hall–Kier alpha value is -0.500. The summed E-state index contributed by atoms with van der Waals surface area (Å²) in [5.41, 5.74) is 1.08. The molecule has 0 aliphatic heterocycles. The van der Waals surface area contributed by atoms with Gasteiger partial charge in [-0.15, -0.1) is 0 Å². The Kier molecular flexibility index (Phi) is 4.46. The second kappa shape index (κ2) is 5.40. The molecule has 0 aliphatic carbocycles. The van der Waals surface area contributed by atoms with Crippen molar-refractivity contribution in [2.45, 2.75) is 13.0 Å². The van der Waals surface area contributed by atoms with E-state index >= 15 is 0 Å². The summed E-state index contributed by atoms with van der Waals surface area (Å²) in [6, 6.07) is 7.94. The highest BCUT2D eigenvalue weighted by Gasteiger charge is 2.07. The molecular weight excluding hydrogens is 217 g/mol. The van der Waals surface area contributed by atoms with Crippen molar-refractivity contribution in [1.82, 2.24) is 5.32 Å².